The molecule has 54 heavy (non-hydrogen) atoms. The number of rotatable bonds is 9. The molecule has 0 unspecified atom stereocenters. The molecule has 8 rings (SSSR count). The summed E-state index contributed by atoms with van der Waals surface area (Å²) in [6.07, 6.45) is 0.139. The van der Waals surface area contributed by atoms with Crippen LogP contribution in [0.3, 0.4) is 0 Å². The molecule has 2 fully saturated rings. The monoisotopic (exact) mass is 742 g/mol. The van der Waals surface area contributed by atoms with E-state index in [4.69, 9.17) is 21.1 Å². The molecule has 0 radical (unpaired) electrons. The number of nitrogens with zero attached hydrogens (tertiary/aromatic N) is 2. The van der Waals surface area contributed by atoms with Gasteiger partial charge in [0.2, 0.25) is 0 Å². The summed E-state index contributed by atoms with van der Waals surface area (Å²) in [4.78, 5) is 29.8. The predicted octanol–water partition coefficient (Wildman–Crippen LogP) is 8.07. The fraction of sp³-hybridized carbons (Fsp3) is 0.289. The van der Waals surface area contributed by atoms with Crippen molar-refractivity contribution in [2.45, 2.75) is 57.0 Å². The van der Waals surface area contributed by atoms with Gasteiger partial charge in [-0.25, -0.2) is 0 Å². The Labute approximate surface area is 320 Å². The molecule has 2 amide bonds. The molecule has 8 nitrogen and oxygen atoms in total. The smallest absolute Gasteiger partial charge is 0.261 e. The first kappa shape index (κ1) is 36.3. The number of hydrogen-bond acceptors (Lipinski definition) is 7. The fourth-order valence-corrected chi connectivity index (χ4v) is 8.14. The number of benzene rings is 5. The van der Waals surface area contributed by atoms with Gasteiger partial charge in [-0.2, -0.15) is 0 Å². The molecule has 2 saturated heterocycles. The highest BCUT2D eigenvalue weighted by Gasteiger charge is 2.41. The number of amides is 2. The molecule has 5 aromatic rings. The predicted molar refractivity (Wildman–Crippen MR) is 207 cm³/mol. The van der Waals surface area contributed by atoms with Crippen LogP contribution in [-0.4, -0.2) is 57.6 Å². The molecule has 4 atom stereocenters. The topological polar surface area (TPSA) is 99.5 Å². The molecule has 2 N–H and O–H groups in total. The number of hydrogen-bond donors (Lipinski definition) is 2. The highest BCUT2D eigenvalue weighted by molar-refractivity contribution is 6.30. The van der Waals surface area contributed by atoms with Crippen LogP contribution in [0.4, 0.5) is 0 Å². The minimum atomic E-state index is -0.898. The number of carbonyl (C=O) groups excluding carboxylic acids is 2. The van der Waals surface area contributed by atoms with Crippen molar-refractivity contribution in [3.63, 3.8) is 0 Å². The van der Waals surface area contributed by atoms with Crippen LogP contribution in [0.2, 0.25) is 5.02 Å². The lowest BCUT2D eigenvalue weighted by molar-refractivity contribution is -0.277. The van der Waals surface area contributed by atoms with Gasteiger partial charge in [-0.3, -0.25) is 14.5 Å². The third-order valence-electron chi connectivity index (χ3n) is 11.3. The number of fused-ring (bicyclic) bond motifs is 1. The van der Waals surface area contributed by atoms with E-state index in [1.54, 1.807) is 24.3 Å². The van der Waals surface area contributed by atoms with Gasteiger partial charge in [0.1, 0.15) is 0 Å². The van der Waals surface area contributed by atoms with E-state index in [9.17, 15) is 19.8 Å². The average molecular weight is 743 g/mol. The maximum Gasteiger partial charge on any atom is 0.261 e. The molecule has 0 spiro atoms. The van der Waals surface area contributed by atoms with Crippen molar-refractivity contribution >= 4 is 23.4 Å². The summed E-state index contributed by atoms with van der Waals surface area (Å²) in [6.45, 7) is 4.44. The normalized spacial score (nSPS) is 22.7. The largest absolute Gasteiger partial charge is 0.392 e. The molecule has 276 valence electrons. The lowest BCUT2D eigenvalue weighted by Crippen LogP contribution is -2.49. The van der Waals surface area contributed by atoms with E-state index in [-0.39, 0.29) is 43.1 Å². The number of likely N-dealkylation sites (tertiary alicyclic amines) is 1. The summed E-state index contributed by atoms with van der Waals surface area (Å²) >= 11 is 6.12. The fourth-order valence-electron chi connectivity index (χ4n) is 8.02. The summed E-state index contributed by atoms with van der Waals surface area (Å²) in [5.74, 6) is -0.540. The molecule has 0 aliphatic carbocycles. The van der Waals surface area contributed by atoms with Gasteiger partial charge in [-0.1, -0.05) is 103 Å². The van der Waals surface area contributed by atoms with Crippen molar-refractivity contribution in [1.29, 1.82) is 0 Å². The first-order valence-electron chi connectivity index (χ1n) is 18.5. The van der Waals surface area contributed by atoms with Crippen molar-refractivity contribution in [3.05, 3.63) is 165 Å². The van der Waals surface area contributed by atoms with Crippen molar-refractivity contribution < 1.29 is 29.3 Å². The van der Waals surface area contributed by atoms with Crippen LogP contribution in [0.1, 0.15) is 80.7 Å². The quantitative estimate of drug-likeness (QED) is 0.147. The van der Waals surface area contributed by atoms with Crippen LogP contribution in [0.25, 0.3) is 11.1 Å². The molecule has 0 saturated carbocycles. The van der Waals surface area contributed by atoms with E-state index in [1.165, 1.54) is 4.90 Å². The highest BCUT2D eigenvalue weighted by atomic mass is 35.5. The number of aliphatic hydroxyl groups excluding tert-OH is 1. The maximum atomic E-state index is 13.1. The van der Waals surface area contributed by atoms with Crippen molar-refractivity contribution in [3.8, 4) is 11.1 Å². The van der Waals surface area contributed by atoms with Gasteiger partial charge >= 0.3 is 0 Å². The highest BCUT2D eigenvalue weighted by Crippen LogP contribution is 2.43. The summed E-state index contributed by atoms with van der Waals surface area (Å²) in [5, 5.41) is 21.9. The molecule has 3 aliphatic rings. The summed E-state index contributed by atoms with van der Waals surface area (Å²) < 4.78 is 13.6. The number of carbonyl (C=O) groups is 2. The molecule has 0 aromatic heterocycles. The van der Waals surface area contributed by atoms with Crippen LogP contribution in [-0.2, 0) is 28.2 Å². The zero-order chi connectivity index (χ0) is 37.4. The SMILES string of the molecule is C[C@@H]1[C@H](CN2CCC(O)(c3ccc(Cl)cc3)CC2)O[C@H](c2cccc(-c3cccc(CN4C(=O)c5ccccc5C4=O)c3)c2)O[C@@H]1c1ccc(CO)cc1. The Morgan fingerprint density at radius 1 is 0.741 bits per heavy atom. The third-order valence-corrected chi connectivity index (χ3v) is 11.5. The second kappa shape index (κ2) is 15.2. The van der Waals surface area contributed by atoms with E-state index in [1.807, 2.05) is 91.0 Å². The van der Waals surface area contributed by atoms with Crippen molar-refractivity contribution in [2.24, 2.45) is 5.92 Å². The zero-order valence-electron chi connectivity index (χ0n) is 30.1. The Hall–Kier alpha value is -4.67. The maximum absolute atomic E-state index is 13.1. The first-order valence-corrected chi connectivity index (χ1v) is 18.9. The lowest BCUT2D eigenvalue weighted by Gasteiger charge is -2.45. The van der Waals surface area contributed by atoms with E-state index in [0.29, 0.717) is 35.5 Å². The van der Waals surface area contributed by atoms with Gasteiger partial charge in [-0.05, 0) is 82.6 Å². The Kier molecular flexibility index (Phi) is 10.2. The van der Waals surface area contributed by atoms with Gasteiger partial charge in [0.05, 0.1) is 42.1 Å². The van der Waals surface area contributed by atoms with Gasteiger partial charge in [0, 0.05) is 36.1 Å². The summed E-state index contributed by atoms with van der Waals surface area (Å²) in [5.41, 5.74) is 6.36. The van der Waals surface area contributed by atoms with Crippen LogP contribution in [0, 0.1) is 5.92 Å². The van der Waals surface area contributed by atoms with E-state index in [2.05, 4.69) is 17.9 Å². The first-order chi connectivity index (χ1) is 26.2. The van der Waals surface area contributed by atoms with Gasteiger partial charge < -0.3 is 24.6 Å². The van der Waals surface area contributed by atoms with E-state index in [0.717, 1.165) is 52.0 Å². The number of imide groups is 1. The Balaban J connectivity index is 1.02. The van der Waals surface area contributed by atoms with Gasteiger partial charge in [0.25, 0.3) is 11.8 Å². The zero-order valence-corrected chi connectivity index (χ0v) is 30.9. The molecule has 9 heteroatoms. The number of halogens is 1. The summed E-state index contributed by atoms with van der Waals surface area (Å²) in [6, 6.07) is 38.4. The molecule has 3 heterocycles. The van der Waals surface area contributed by atoms with Crippen LogP contribution < -0.4 is 0 Å². The molecule has 0 bridgehead atoms. The van der Waals surface area contributed by atoms with Gasteiger partial charge in [0.15, 0.2) is 6.29 Å². The standard InChI is InChI=1S/C45H43ClN2O6/c1-29-40(27-47-22-20-45(52,21-23-47)36-16-18-37(46)19-17-36)53-44(54-41(29)32-14-12-30(28-49)13-15-32)35-9-5-8-34(25-35)33-7-4-6-31(24-33)26-48-42(50)38-10-2-3-11-39(38)43(48)51/h2-19,24-25,29,40-41,44,49,52H,20-23,26-28H2,1H3/t29-,40+,41+,44+/m1/s1. The van der Waals surface area contributed by atoms with E-state index >= 15 is 0 Å². The van der Waals surface area contributed by atoms with Crippen LogP contribution in [0.15, 0.2) is 121 Å². The van der Waals surface area contributed by atoms with Crippen molar-refractivity contribution in [1.82, 2.24) is 9.80 Å². The minimum Gasteiger partial charge on any atom is -0.392 e. The second-order valence-electron chi connectivity index (χ2n) is 14.7. The molecule has 5 aromatic carbocycles. The Bertz CT molecular complexity index is 2110. The molecular formula is C45H43ClN2O6. The van der Waals surface area contributed by atoms with Crippen molar-refractivity contribution in [2.75, 3.05) is 19.6 Å². The average Bonchev–Trinajstić information content (AvgIpc) is 3.44. The second-order valence-corrected chi connectivity index (χ2v) is 15.2. The third kappa shape index (κ3) is 7.26. The number of aliphatic hydroxyl groups is 2. The van der Waals surface area contributed by atoms with Gasteiger partial charge in [-0.15, -0.1) is 0 Å². The van der Waals surface area contributed by atoms with Crippen LogP contribution >= 0.6 is 11.6 Å². The number of piperidine rings is 1. The minimum absolute atomic E-state index is 0.0142. The Morgan fingerprint density at radius 3 is 2.06 bits per heavy atom. The van der Waals surface area contributed by atoms with E-state index < -0.39 is 11.9 Å². The Morgan fingerprint density at radius 2 is 1.39 bits per heavy atom. The molecule has 3 aliphatic heterocycles. The summed E-state index contributed by atoms with van der Waals surface area (Å²) in [7, 11) is 0. The molecular weight excluding hydrogens is 700 g/mol. The number of ether oxygens (including phenoxy) is 2. The lowest BCUT2D eigenvalue weighted by atomic mass is 9.84. The van der Waals surface area contributed by atoms with Crippen LogP contribution in [0.5, 0.6) is 0 Å².